The van der Waals surface area contributed by atoms with Gasteiger partial charge in [-0.2, -0.15) is 0 Å². The lowest BCUT2D eigenvalue weighted by molar-refractivity contribution is -0.101. The summed E-state index contributed by atoms with van der Waals surface area (Å²) in [6, 6.07) is 0. The van der Waals surface area contributed by atoms with Crippen molar-refractivity contribution < 1.29 is 0 Å². The molecule has 0 N–H and O–H groups in total. The van der Waals surface area contributed by atoms with Gasteiger partial charge in [0.2, 0.25) is 0 Å². The first-order valence-corrected chi connectivity index (χ1v) is 9.94. The highest BCUT2D eigenvalue weighted by atomic mass is 14.6. The molecule has 4 fully saturated rings. The van der Waals surface area contributed by atoms with Crippen molar-refractivity contribution in [2.45, 2.75) is 85.5 Å². The van der Waals surface area contributed by atoms with Crippen LogP contribution in [0.25, 0.3) is 0 Å². The van der Waals surface area contributed by atoms with E-state index in [-0.39, 0.29) is 0 Å². The van der Waals surface area contributed by atoms with Crippen LogP contribution >= 0.6 is 0 Å². The van der Waals surface area contributed by atoms with E-state index < -0.39 is 0 Å². The summed E-state index contributed by atoms with van der Waals surface area (Å²) in [4.78, 5) is 0. The molecule has 21 heavy (non-hydrogen) atoms. The summed E-state index contributed by atoms with van der Waals surface area (Å²) in [6.07, 6.45) is 13.9. The molecule has 0 nitrogen and oxygen atoms in total. The van der Waals surface area contributed by atoms with Crippen molar-refractivity contribution >= 4 is 0 Å². The molecule has 0 bridgehead atoms. The van der Waals surface area contributed by atoms with E-state index in [2.05, 4.69) is 27.7 Å². The maximum Gasteiger partial charge on any atom is -0.0269 e. The van der Waals surface area contributed by atoms with Gasteiger partial charge in [0.05, 0.1) is 0 Å². The molecule has 0 spiro atoms. The van der Waals surface area contributed by atoms with Gasteiger partial charge in [-0.3, -0.25) is 0 Å². The molecule has 0 aromatic rings. The zero-order valence-electron chi connectivity index (χ0n) is 14.8. The van der Waals surface area contributed by atoms with Gasteiger partial charge in [0.25, 0.3) is 0 Å². The molecule has 120 valence electrons. The van der Waals surface area contributed by atoms with Gasteiger partial charge in [-0.15, -0.1) is 0 Å². The van der Waals surface area contributed by atoms with Gasteiger partial charge < -0.3 is 0 Å². The van der Waals surface area contributed by atoms with Crippen LogP contribution < -0.4 is 0 Å². The van der Waals surface area contributed by atoms with Crippen molar-refractivity contribution in [3.8, 4) is 0 Å². The molecule has 0 aromatic carbocycles. The highest BCUT2D eigenvalue weighted by Crippen LogP contribution is 2.66. The molecule has 0 radical (unpaired) electrons. The lowest BCUT2D eigenvalue weighted by Crippen LogP contribution is -2.51. The van der Waals surface area contributed by atoms with E-state index in [1.165, 1.54) is 19.3 Å². The number of hydrogen-bond donors (Lipinski definition) is 0. The first-order valence-electron chi connectivity index (χ1n) is 9.94. The molecule has 4 aliphatic carbocycles. The van der Waals surface area contributed by atoms with E-state index in [0.717, 1.165) is 35.5 Å². The Hall–Kier alpha value is 0. The van der Waals surface area contributed by atoms with Gasteiger partial charge in [0, 0.05) is 0 Å². The Bertz CT molecular complexity index is 412. The first-order chi connectivity index (χ1) is 9.94. The Morgan fingerprint density at radius 3 is 2.19 bits per heavy atom. The molecule has 0 aromatic heterocycles. The summed E-state index contributed by atoms with van der Waals surface area (Å²) >= 11 is 0. The molecule has 0 heterocycles. The Balaban J connectivity index is 1.60. The molecular weight excluding hydrogens is 252 g/mol. The number of hydrogen-bond acceptors (Lipinski definition) is 0. The van der Waals surface area contributed by atoms with Gasteiger partial charge in [0.1, 0.15) is 0 Å². The fraction of sp³-hybridized carbons (Fsp3) is 1.00. The largest absolute Gasteiger partial charge is 0.0625 e. The van der Waals surface area contributed by atoms with Crippen molar-refractivity contribution in [3.63, 3.8) is 0 Å². The SMILES string of the molecule is CC1CCC2C3CCC4(C)C(C)CCC4C3CCC2(C)C1. The minimum atomic E-state index is 0.705. The molecule has 4 rings (SSSR count). The lowest BCUT2D eigenvalue weighted by atomic mass is 9.45. The average Bonchev–Trinajstić information content (AvgIpc) is 2.73. The molecule has 0 heteroatoms. The summed E-state index contributed by atoms with van der Waals surface area (Å²) < 4.78 is 0. The van der Waals surface area contributed by atoms with Crippen LogP contribution in [-0.4, -0.2) is 0 Å². The Labute approximate surface area is 132 Å². The monoisotopic (exact) mass is 288 g/mol. The quantitative estimate of drug-likeness (QED) is 0.490. The highest BCUT2D eigenvalue weighted by molar-refractivity contribution is 5.07. The van der Waals surface area contributed by atoms with Crippen molar-refractivity contribution in [2.75, 3.05) is 0 Å². The Kier molecular flexibility index (Phi) is 3.30. The maximum atomic E-state index is 2.66. The Morgan fingerprint density at radius 2 is 1.38 bits per heavy atom. The van der Waals surface area contributed by atoms with Crippen LogP contribution in [0, 0.1) is 46.3 Å². The lowest BCUT2D eigenvalue weighted by Gasteiger charge is -2.59. The third-order valence-corrected chi connectivity index (χ3v) is 9.21. The molecule has 0 aliphatic heterocycles. The van der Waals surface area contributed by atoms with Crippen LogP contribution in [-0.2, 0) is 0 Å². The smallest absolute Gasteiger partial charge is 0.0269 e. The van der Waals surface area contributed by atoms with E-state index in [1.807, 2.05) is 0 Å². The van der Waals surface area contributed by atoms with Gasteiger partial charge >= 0.3 is 0 Å². The van der Waals surface area contributed by atoms with E-state index in [4.69, 9.17) is 0 Å². The second kappa shape index (κ2) is 4.75. The van der Waals surface area contributed by atoms with Crippen LogP contribution in [0.1, 0.15) is 85.5 Å². The second-order valence-corrected chi connectivity index (χ2v) is 10.1. The molecule has 0 amide bonds. The Morgan fingerprint density at radius 1 is 0.714 bits per heavy atom. The topological polar surface area (TPSA) is 0 Å². The number of fused-ring (bicyclic) bond motifs is 5. The first kappa shape index (κ1) is 14.6. The van der Waals surface area contributed by atoms with E-state index in [0.29, 0.717) is 10.8 Å². The maximum absolute atomic E-state index is 2.66. The zero-order valence-corrected chi connectivity index (χ0v) is 14.8. The van der Waals surface area contributed by atoms with E-state index in [9.17, 15) is 0 Å². The summed E-state index contributed by atoms with van der Waals surface area (Å²) in [5.41, 5.74) is 1.41. The molecule has 8 atom stereocenters. The average molecular weight is 289 g/mol. The third-order valence-electron chi connectivity index (χ3n) is 9.21. The third kappa shape index (κ3) is 1.99. The van der Waals surface area contributed by atoms with Crippen LogP contribution in [0.15, 0.2) is 0 Å². The van der Waals surface area contributed by atoms with Gasteiger partial charge in [-0.25, -0.2) is 0 Å². The fourth-order valence-corrected chi connectivity index (χ4v) is 7.87. The minimum absolute atomic E-state index is 0.705. The van der Waals surface area contributed by atoms with Crippen molar-refractivity contribution in [1.82, 2.24) is 0 Å². The van der Waals surface area contributed by atoms with Crippen molar-refractivity contribution in [3.05, 3.63) is 0 Å². The van der Waals surface area contributed by atoms with Gasteiger partial charge in [0.15, 0.2) is 0 Å². The minimum Gasteiger partial charge on any atom is -0.0625 e. The van der Waals surface area contributed by atoms with Gasteiger partial charge in [-0.05, 0) is 97.7 Å². The second-order valence-electron chi connectivity index (χ2n) is 10.1. The highest BCUT2D eigenvalue weighted by Gasteiger charge is 2.57. The summed E-state index contributed by atoms with van der Waals surface area (Å²) in [7, 11) is 0. The molecule has 4 saturated carbocycles. The van der Waals surface area contributed by atoms with E-state index in [1.54, 1.807) is 38.5 Å². The molecule has 4 aliphatic rings. The molecule has 8 unspecified atom stereocenters. The summed E-state index contributed by atoms with van der Waals surface area (Å²) in [5.74, 6) is 6.33. The van der Waals surface area contributed by atoms with Crippen LogP contribution in [0.3, 0.4) is 0 Å². The molecular formula is C21H36. The van der Waals surface area contributed by atoms with Crippen LogP contribution in [0.5, 0.6) is 0 Å². The summed E-state index contributed by atoms with van der Waals surface area (Å²) in [5, 5.41) is 0. The van der Waals surface area contributed by atoms with E-state index >= 15 is 0 Å². The normalized spacial score (nSPS) is 60.0. The predicted molar refractivity (Wildman–Crippen MR) is 90.1 cm³/mol. The molecule has 0 saturated heterocycles. The van der Waals surface area contributed by atoms with Crippen LogP contribution in [0.4, 0.5) is 0 Å². The predicted octanol–water partition coefficient (Wildman–Crippen LogP) is 6.30. The number of rotatable bonds is 0. The van der Waals surface area contributed by atoms with Crippen molar-refractivity contribution in [2.24, 2.45) is 46.3 Å². The van der Waals surface area contributed by atoms with Crippen LogP contribution in [0.2, 0.25) is 0 Å². The zero-order chi connectivity index (χ0) is 14.8. The van der Waals surface area contributed by atoms with Crippen molar-refractivity contribution in [1.29, 1.82) is 0 Å². The summed E-state index contributed by atoms with van der Waals surface area (Å²) in [6.45, 7) is 10.4. The van der Waals surface area contributed by atoms with Gasteiger partial charge in [-0.1, -0.05) is 34.1 Å². The standard InChI is InChI=1S/C21H36/c1-14-5-7-18-16-10-12-21(4)15(2)6-8-19(21)17(16)9-11-20(18,3)13-14/h14-19H,5-13H2,1-4H3. The fourth-order valence-electron chi connectivity index (χ4n) is 7.87.